The Bertz CT molecular complexity index is 101. The van der Waals surface area contributed by atoms with E-state index in [9.17, 15) is 0 Å². The molecular formula is C6H14O3Si. The van der Waals surface area contributed by atoms with Crippen molar-refractivity contribution >= 4 is 9.76 Å². The van der Waals surface area contributed by atoms with Crippen molar-refractivity contribution in [3.8, 4) is 0 Å². The van der Waals surface area contributed by atoms with Crippen molar-refractivity contribution in [2.24, 2.45) is 0 Å². The molecule has 0 unspecified atom stereocenters. The average molecular weight is 162 g/mol. The van der Waals surface area contributed by atoms with E-state index in [1.54, 1.807) is 14.2 Å². The summed E-state index contributed by atoms with van der Waals surface area (Å²) in [6.45, 7) is 5.41. The molecule has 10 heavy (non-hydrogen) atoms. The average Bonchev–Trinajstić information content (AvgIpc) is 1.90. The first-order chi connectivity index (χ1) is 4.70. The van der Waals surface area contributed by atoms with Crippen molar-refractivity contribution in [3.63, 3.8) is 0 Å². The Morgan fingerprint density at radius 2 is 1.90 bits per heavy atom. The van der Waals surface area contributed by atoms with E-state index in [2.05, 4.69) is 6.58 Å². The molecule has 0 bridgehead atoms. The van der Waals surface area contributed by atoms with Crippen molar-refractivity contribution in [2.75, 3.05) is 14.2 Å². The fraction of sp³-hybridized carbons (Fsp3) is 0.667. The van der Waals surface area contributed by atoms with Gasteiger partial charge in [-0.2, -0.15) is 0 Å². The van der Waals surface area contributed by atoms with Crippen molar-refractivity contribution in [1.29, 1.82) is 0 Å². The molecule has 0 radical (unpaired) electrons. The molecule has 60 valence electrons. The molecule has 0 aliphatic carbocycles. The molecule has 0 amide bonds. The monoisotopic (exact) mass is 162 g/mol. The van der Waals surface area contributed by atoms with E-state index in [4.69, 9.17) is 13.9 Å². The topological polar surface area (TPSA) is 27.7 Å². The molecule has 0 aliphatic rings. The van der Waals surface area contributed by atoms with E-state index in [0.29, 0.717) is 0 Å². The van der Waals surface area contributed by atoms with Crippen LogP contribution in [0.2, 0.25) is 0 Å². The Labute approximate surface area is 63.9 Å². The van der Waals surface area contributed by atoms with Gasteiger partial charge in [0.25, 0.3) is 9.76 Å². The third-order valence-corrected chi connectivity index (χ3v) is 2.59. The first-order valence-electron chi connectivity index (χ1n) is 3.04. The van der Waals surface area contributed by atoms with Gasteiger partial charge in [0.1, 0.15) is 0 Å². The third kappa shape index (κ3) is 4.55. The summed E-state index contributed by atoms with van der Waals surface area (Å²) in [7, 11) is 2.43. The van der Waals surface area contributed by atoms with Gasteiger partial charge in [0.2, 0.25) is 0 Å². The molecule has 0 saturated heterocycles. The third-order valence-electron chi connectivity index (χ3n) is 0.992. The summed E-state index contributed by atoms with van der Waals surface area (Å²) in [6.07, 6.45) is 0. The van der Waals surface area contributed by atoms with Gasteiger partial charge in [0, 0.05) is 14.2 Å². The fourth-order valence-corrected chi connectivity index (χ4v) is 1.14. The molecule has 0 rings (SSSR count). The first-order valence-corrected chi connectivity index (χ1v) is 4.44. The Morgan fingerprint density at radius 1 is 1.40 bits per heavy atom. The van der Waals surface area contributed by atoms with E-state index in [1.807, 2.05) is 6.92 Å². The van der Waals surface area contributed by atoms with Gasteiger partial charge in [0.15, 0.2) is 5.91 Å². The van der Waals surface area contributed by atoms with Crippen molar-refractivity contribution in [3.05, 3.63) is 12.3 Å². The highest BCUT2D eigenvalue weighted by molar-refractivity contribution is 6.28. The van der Waals surface area contributed by atoms with Gasteiger partial charge in [0.05, 0.1) is 5.76 Å². The summed E-state index contributed by atoms with van der Waals surface area (Å²) < 4.78 is 15.0. The molecule has 0 heterocycles. The molecule has 0 N–H and O–H groups in total. The molecule has 0 atom stereocenters. The zero-order chi connectivity index (χ0) is 7.98. The minimum Gasteiger partial charge on any atom is -0.548 e. The van der Waals surface area contributed by atoms with Crippen LogP contribution in [-0.2, 0) is 13.9 Å². The van der Waals surface area contributed by atoms with Crippen LogP contribution in [0.1, 0.15) is 6.92 Å². The van der Waals surface area contributed by atoms with Crippen LogP contribution >= 0.6 is 0 Å². The van der Waals surface area contributed by atoms with Crippen molar-refractivity contribution < 1.29 is 13.9 Å². The smallest absolute Gasteiger partial charge is 0.278 e. The second-order valence-corrected chi connectivity index (χ2v) is 3.20. The fourth-order valence-electron chi connectivity index (χ4n) is 0.443. The van der Waals surface area contributed by atoms with Crippen LogP contribution in [0.3, 0.4) is 0 Å². The zero-order valence-electron chi connectivity index (χ0n) is 6.72. The zero-order valence-corrected chi connectivity index (χ0v) is 8.13. The lowest BCUT2D eigenvalue weighted by molar-refractivity contribution is -0.0509. The highest BCUT2D eigenvalue weighted by atomic mass is 28.2. The molecule has 3 nitrogen and oxygen atoms in total. The predicted molar refractivity (Wildman–Crippen MR) is 42.2 cm³/mol. The minimum absolute atomic E-state index is 0.156. The summed E-state index contributed by atoms with van der Waals surface area (Å²) >= 11 is 0. The highest BCUT2D eigenvalue weighted by Crippen LogP contribution is 1.93. The molecule has 0 aliphatic heterocycles. The minimum atomic E-state index is -0.766. The Kier molecular flexibility index (Phi) is 5.28. The second-order valence-electron chi connectivity index (χ2n) is 1.91. The number of hydrogen-bond acceptors (Lipinski definition) is 3. The van der Waals surface area contributed by atoms with Gasteiger partial charge >= 0.3 is 0 Å². The number of ether oxygens (including phenoxy) is 2. The predicted octanol–water partition coefficient (Wildman–Crippen LogP) is 0.197. The highest BCUT2D eigenvalue weighted by Gasteiger charge is 2.05. The first kappa shape index (κ1) is 9.68. The standard InChI is InChI=1S/C6H14O3Si/c1-5(2)9-10-6(7-3)8-4/h6H,1,10H2,2-4H3. The largest absolute Gasteiger partial charge is 0.548 e. The SMILES string of the molecule is C=C(C)O[SiH2]C(OC)OC. The van der Waals surface area contributed by atoms with E-state index < -0.39 is 9.76 Å². The van der Waals surface area contributed by atoms with Crippen LogP contribution in [0.15, 0.2) is 12.3 Å². The van der Waals surface area contributed by atoms with Crippen molar-refractivity contribution in [2.45, 2.75) is 12.8 Å². The maximum Gasteiger partial charge on any atom is 0.278 e. The van der Waals surface area contributed by atoms with E-state index >= 15 is 0 Å². The lowest BCUT2D eigenvalue weighted by atomic mass is 10.7. The van der Waals surface area contributed by atoms with Crippen molar-refractivity contribution in [1.82, 2.24) is 0 Å². The summed E-state index contributed by atoms with van der Waals surface area (Å²) in [5.41, 5.74) is 0. The lowest BCUT2D eigenvalue weighted by Gasteiger charge is -2.12. The maximum absolute atomic E-state index is 5.18. The quantitative estimate of drug-likeness (QED) is 0.328. The molecule has 0 aromatic carbocycles. The van der Waals surface area contributed by atoms with E-state index in [0.717, 1.165) is 5.76 Å². The van der Waals surface area contributed by atoms with Gasteiger partial charge in [-0.3, -0.25) is 0 Å². The number of allylic oxidation sites excluding steroid dienone is 1. The van der Waals surface area contributed by atoms with Crippen LogP contribution in [0.25, 0.3) is 0 Å². The molecule has 0 spiro atoms. The number of methoxy groups -OCH3 is 2. The molecule has 0 aromatic heterocycles. The number of rotatable bonds is 5. The summed E-state index contributed by atoms with van der Waals surface area (Å²) in [4.78, 5) is 0. The maximum atomic E-state index is 5.18. The molecule has 0 fully saturated rings. The van der Waals surface area contributed by atoms with Gasteiger partial charge in [-0.1, -0.05) is 6.58 Å². The number of hydrogen-bond donors (Lipinski definition) is 0. The second kappa shape index (κ2) is 5.46. The van der Waals surface area contributed by atoms with Crippen LogP contribution in [0, 0.1) is 0 Å². The Balaban J connectivity index is 3.34. The molecular weight excluding hydrogens is 148 g/mol. The van der Waals surface area contributed by atoms with Crippen LogP contribution in [0.4, 0.5) is 0 Å². The normalized spacial score (nSPS) is 11.2. The van der Waals surface area contributed by atoms with E-state index in [-0.39, 0.29) is 5.91 Å². The van der Waals surface area contributed by atoms with E-state index in [1.165, 1.54) is 0 Å². The Hall–Kier alpha value is -0.323. The molecule has 0 saturated carbocycles. The van der Waals surface area contributed by atoms with Crippen LogP contribution in [-0.4, -0.2) is 29.9 Å². The van der Waals surface area contributed by atoms with Gasteiger partial charge in [-0.25, -0.2) is 0 Å². The van der Waals surface area contributed by atoms with Gasteiger partial charge in [-0.15, -0.1) is 0 Å². The van der Waals surface area contributed by atoms with Gasteiger partial charge in [-0.05, 0) is 6.92 Å². The molecule has 4 heteroatoms. The van der Waals surface area contributed by atoms with Crippen LogP contribution in [0.5, 0.6) is 0 Å². The summed E-state index contributed by atoms with van der Waals surface area (Å²) in [5, 5.41) is 0. The lowest BCUT2D eigenvalue weighted by Crippen LogP contribution is -2.23. The van der Waals surface area contributed by atoms with Gasteiger partial charge < -0.3 is 13.9 Å². The molecule has 0 aromatic rings. The van der Waals surface area contributed by atoms with Crippen LogP contribution < -0.4 is 0 Å². The summed E-state index contributed by atoms with van der Waals surface area (Å²) in [6, 6.07) is 0. The summed E-state index contributed by atoms with van der Waals surface area (Å²) in [5.74, 6) is 0.572. The Morgan fingerprint density at radius 3 is 2.20 bits per heavy atom.